The fourth-order valence-corrected chi connectivity index (χ4v) is 7.51. The minimum Gasteiger partial charge on any atom is -0.383 e. The van der Waals surface area contributed by atoms with Crippen molar-refractivity contribution in [2.24, 2.45) is 11.1 Å². The van der Waals surface area contributed by atoms with Gasteiger partial charge in [0.15, 0.2) is 5.82 Å². The first kappa shape index (κ1) is 25.8. The Morgan fingerprint density at radius 2 is 2.05 bits per heavy atom. The number of fused-ring (bicyclic) bond motifs is 1. The molecule has 10 nitrogen and oxygen atoms in total. The Morgan fingerprint density at radius 3 is 2.71 bits per heavy atom. The summed E-state index contributed by atoms with van der Waals surface area (Å²) in [6.45, 7) is 2.53. The highest BCUT2D eigenvalue weighted by Gasteiger charge is 2.57. The van der Waals surface area contributed by atoms with Gasteiger partial charge in [-0.2, -0.15) is 0 Å². The molecule has 200 valence electrons. The average Bonchev–Trinajstić information content (AvgIpc) is 3.54. The lowest BCUT2D eigenvalue weighted by Crippen LogP contribution is -2.50. The monoisotopic (exact) mass is 572 g/mol. The Morgan fingerprint density at radius 1 is 1.26 bits per heavy atom. The number of nitrogens with two attached hydrogens (primary N) is 2. The van der Waals surface area contributed by atoms with Crippen molar-refractivity contribution in [2.45, 2.75) is 41.8 Å². The molecular formula is C25H29ClN8O2S2. The zero-order chi connectivity index (χ0) is 26.6. The molecule has 1 aliphatic carbocycles. The molecular weight excluding hydrogens is 544 g/mol. The molecule has 0 bridgehead atoms. The van der Waals surface area contributed by atoms with Crippen molar-refractivity contribution in [2.75, 3.05) is 43.7 Å². The number of hydrogen-bond acceptors (Lipinski definition) is 11. The Hall–Kier alpha value is -2.51. The second-order valence-corrected chi connectivity index (χ2v) is 12.0. The quantitative estimate of drug-likeness (QED) is 0.404. The molecule has 1 fully saturated rings. The minimum absolute atomic E-state index is 0.119. The number of anilines is 2. The molecule has 13 heteroatoms. The third kappa shape index (κ3) is 4.22. The van der Waals surface area contributed by atoms with Crippen LogP contribution < -0.4 is 21.9 Å². The van der Waals surface area contributed by atoms with Gasteiger partial charge in [-0.15, -0.1) is 0 Å². The van der Waals surface area contributed by atoms with Gasteiger partial charge in [0.2, 0.25) is 0 Å². The lowest BCUT2D eigenvalue weighted by Gasteiger charge is -2.44. The third-order valence-electron chi connectivity index (χ3n) is 7.84. The predicted octanol–water partition coefficient (Wildman–Crippen LogP) is 3.34. The first-order valence-electron chi connectivity index (χ1n) is 12.4. The van der Waals surface area contributed by atoms with Gasteiger partial charge in [0, 0.05) is 36.8 Å². The van der Waals surface area contributed by atoms with Crippen LogP contribution in [0.15, 0.2) is 50.8 Å². The van der Waals surface area contributed by atoms with Crippen LogP contribution >= 0.6 is 35.3 Å². The van der Waals surface area contributed by atoms with Crippen molar-refractivity contribution < 1.29 is 4.74 Å². The molecule has 2 aliphatic heterocycles. The highest BCUT2D eigenvalue weighted by molar-refractivity contribution is 7.99. The van der Waals surface area contributed by atoms with E-state index in [0.29, 0.717) is 44.8 Å². The van der Waals surface area contributed by atoms with E-state index in [1.807, 2.05) is 6.07 Å². The molecule has 1 atom stereocenters. The fraction of sp³-hybridized carbons (Fsp3) is 0.440. The average molecular weight is 573 g/mol. The Bertz CT molecular complexity index is 1500. The van der Waals surface area contributed by atoms with Crippen LogP contribution in [0.4, 0.5) is 11.6 Å². The molecule has 1 unspecified atom stereocenters. The second kappa shape index (κ2) is 9.91. The summed E-state index contributed by atoms with van der Waals surface area (Å²) >= 11 is 9.72. The van der Waals surface area contributed by atoms with Crippen molar-refractivity contribution in [1.29, 1.82) is 0 Å². The maximum atomic E-state index is 13.0. The number of allylic oxidation sites excluding steroid dienone is 1. The van der Waals surface area contributed by atoms with E-state index in [-0.39, 0.29) is 17.0 Å². The van der Waals surface area contributed by atoms with Crippen LogP contribution in [-0.4, -0.2) is 62.9 Å². The first-order valence-corrected chi connectivity index (χ1v) is 14.8. The number of methoxy groups -OCH3 is 1. The van der Waals surface area contributed by atoms with E-state index in [1.165, 1.54) is 34.1 Å². The second-order valence-electron chi connectivity index (χ2n) is 9.84. The van der Waals surface area contributed by atoms with Crippen molar-refractivity contribution in [3.05, 3.63) is 51.4 Å². The molecule has 1 saturated heterocycles. The number of nitrogens with zero attached hydrogens (tertiary/aromatic N) is 6. The third-order valence-corrected chi connectivity index (χ3v) is 10.2. The summed E-state index contributed by atoms with van der Waals surface area (Å²) in [7, 11) is 1.59. The fourth-order valence-electron chi connectivity index (χ4n) is 5.61. The summed E-state index contributed by atoms with van der Waals surface area (Å²) in [5.41, 5.74) is 16.3. The standard InChI is InChI=1S/C25H29ClN8O2S2/c1-36-10-9-33-13-30-14-3-4-16(19(26)18(14)24(33)35)38-23-22(28)31-17(12-29-23)32-7-5-25(6-8-32)11-15-20(21(25)27)34(15)37-2/h3-4,12-13,21H,5-11,27H2,1-2H3,(H2,28,31). The van der Waals surface area contributed by atoms with Crippen molar-refractivity contribution in [1.82, 2.24) is 23.8 Å². The van der Waals surface area contributed by atoms with Crippen LogP contribution in [0.25, 0.3) is 10.9 Å². The summed E-state index contributed by atoms with van der Waals surface area (Å²) in [6, 6.07) is 3.72. The number of ether oxygens (including phenoxy) is 1. The lowest BCUT2D eigenvalue weighted by molar-refractivity contribution is 0.183. The van der Waals surface area contributed by atoms with Gasteiger partial charge < -0.3 is 21.1 Å². The highest BCUT2D eigenvalue weighted by atomic mass is 35.5. The molecule has 2 aromatic heterocycles. The van der Waals surface area contributed by atoms with E-state index in [1.54, 1.807) is 31.3 Å². The van der Waals surface area contributed by atoms with Gasteiger partial charge in [-0.1, -0.05) is 23.4 Å². The molecule has 4 heterocycles. The molecule has 0 saturated carbocycles. The van der Waals surface area contributed by atoms with Crippen molar-refractivity contribution >= 4 is 57.8 Å². The van der Waals surface area contributed by atoms with Crippen LogP contribution in [0.2, 0.25) is 5.02 Å². The number of halogens is 1. The Kier molecular flexibility index (Phi) is 6.71. The number of rotatable bonds is 7. The minimum atomic E-state index is -0.214. The molecule has 1 aromatic carbocycles. The number of benzene rings is 1. The number of piperidine rings is 2. The molecule has 38 heavy (non-hydrogen) atoms. The number of aromatic nitrogens is 4. The SMILES string of the molecule is COCCn1cnc2ccc(Sc3ncc(N4CCC5(CC4)CC4=C(C5N)N4SC)nc3N)c(Cl)c2c1=O. The molecule has 1 spiro atoms. The van der Waals surface area contributed by atoms with E-state index in [4.69, 9.17) is 27.8 Å². The molecule has 3 aromatic rings. The van der Waals surface area contributed by atoms with Gasteiger partial charge in [-0.05, 0) is 43.3 Å². The van der Waals surface area contributed by atoms with Crippen molar-refractivity contribution in [3.63, 3.8) is 0 Å². The maximum absolute atomic E-state index is 13.0. The van der Waals surface area contributed by atoms with Crippen LogP contribution in [0.3, 0.4) is 0 Å². The van der Waals surface area contributed by atoms with Crippen LogP contribution in [-0.2, 0) is 11.3 Å². The number of hydrogen-bond donors (Lipinski definition) is 2. The van der Waals surface area contributed by atoms with Crippen LogP contribution in [0, 0.1) is 5.41 Å². The molecule has 0 amide bonds. The summed E-state index contributed by atoms with van der Waals surface area (Å²) < 4.78 is 8.86. The smallest absolute Gasteiger partial charge is 0.262 e. The van der Waals surface area contributed by atoms with Gasteiger partial charge >= 0.3 is 0 Å². The van der Waals surface area contributed by atoms with Gasteiger partial charge in [0.25, 0.3) is 5.56 Å². The normalized spacial score (nSPS) is 20.1. The topological polar surface area (TPSA) is 128 Å². The molecule has 6 rings (SSSR count). The zero-order valence-electron chi connectivity index (χ0n) is 21.2. The predicted molar refractivity (Wildman–Crippen MR) is 152 cm³/mol. The summed E-state index contributed by atoms with van der Waals surface area (Å²) in [4.78, 5) is 29.6. The Labute approximate surface area is 233 Å². The summed E-state index contributed by atoms with van der Waals surface area (Å²) in [5, 5.41) is 1.22. The van der Waals surface area contributed by atoms with E-state index in [0.717, 1.165) is 38.2 Å². The Balaban J connectivity index is 1.17. The number of nitrogen functional groups attached to an aromatic ring is 1. The molecule has 3 aliphatic rings. The van der Waals surface area contributed by atoms with Gasteiger partial charge in [-0.3, -0.25) is 13.7 Å². The van der Waals surface area contributed by atoms with Gasteiger partial charge in [-0.25, -0.2) is 15.0 Å². The van der Waals surface area contributed by atoms with Crippen LogP contribution in [0.1, 0.15) is 19.3 Å². The highest BCUT2D eigenvalue weighted by Crippen LogP contribution is 2.60. The largest absolute Gasteiger partial charge is 0.383 e. The summed E-state index contributed by atoms with van der Waals surface area (Å²) in [5.74, 6) is 1.09. The summed E-state index contributed by atoms with van der Waals surface area (Å²) in [6.07, 6.45) is 8.47. The van der Waals surface area contributed by atoms with Gasteiger partial charge in [0.05, 0.1) is 59.0 Å². The van der Waals surface area contributed by atoms with E-state index in [2.05, 4.69) is 30.4 Å². The molecule has 0 radical (unpaired) electrons. The lowest BCUT2D eigenvalue weighted by atomic mass is 9.72. The first-order chi connectivity index (χ1) is 18.4. The van der Waals surface area contributed by atoms with Gasteiger partial charge in [0.1, 0.15) is 10.8 Å². The van der Waals surface area contributed by atoms with E-state index < -0.39 is 0 Å². The van der Waals surface area contributed by atoms with E-state index >= 15 is 0 Å². The van der Waals surface area contributed by atoms with Crippen LogP contribution in [0.5, 0.6) is 0 Å². The van der Waals surface area contributed by atoms with E-state index in [9.17, 15) is 4.79 Å². The maximum Gasteiger partial charge on any atom is 0.262 e. The van der Waals surface area contributed by atoms with Crippen molar-refractivity contribution in [3.8, 4) is 0 Å². The molecule has 4 N–H and O–H groups in total. The zero-order valence-corrected chi connectivity index (χ0v) is 23.6.